The van der Waals surface area contributed by atoms with Gasteiger partial charge in [0, 0.05) is 5.92 Å². The molecule has 1 fully saturated rings. The molecule has 3 aromatic rings. The molecule has 5 radical (unpaired) electrons. The molecule has 0 aliphatic heterocycles. The SMILES string of the molecule is COc1ccccc1C(=O)Nc1nc([C]2[CH][CH][CH][CH]2)c(-n2cncn2)s1. The number of carbonyl (C=O) groups excluding carboxylic acids is 1. The molecule has 1 saturated carbocycles. The van der Waals surface area contributed by atoms with Crippen molar-refractivity contribution in [2.75, 3.05) is 12.4 Å². The van der Waals surface area contributed by atoms with E-state index in [4.69, 9.17) is 4.74 Å². The van der Waals surface area contributed by atoms with Crippen molar-refractivity contribution < 1.29 is 9.53 Å². The summed E-state index contributed by atoms with van der Waals surface area (Å²) in [5, 5.41) is 8.28. The molecule has 8 heteroatoms. The zero-order valence-corrected chi connectivity index (χ0v) is 14.6. The molecule has 0 saturated heterocycles. The highest BCUT2D eigenvalue weighted by molar-refractivity contribution is 7.18. The monoisotopic (exact) mass is 364 g/mol. The quantitative estimate of drug-likeness (QED) is 0.753. The third-order valence-electron chi connectivity index (χ3n) is 3.74. The zero-order chi connectivity index (χ0) is 17.9. The van der Waals surface area contributed by atoms with E-state index in [0.717, 1.165) is 16.6 Å². The lowest BCUT2D eigenvalue weighted by Gasteiger charge is -2.07. The number of hydrogen-bond acceptors (Lipinski definition) is 6. The lowest BCUT2D eigenvalue weighted by Crippen LogP contribution is -2.13. The van der Waals surface area contributed by atoms with Crippen LogP contribution in [-0.2, 0) is 0 Å². The Hall–Kier alpha value is -2.74. The number of methoxy groups -OCH3 is 1. The van der Waals surface area contributed by atoms with Gasteiger partial charge in [0.25, 0.3) is 5.91 Å². The largest absolute Gasteiger partial charge is 0.496 e. The molecule has 2 aromatic heterocycles. The second-order valence-corrected chi connectivity index (χ2v) is 6.32. The molecule has 26 heavy (non-hydrogen) atoms. The second kappa shape index (κ2) is 7.25. The maximum Gasteiger partial charge on any atom is 0.261 e. The van der Waals surface area contributed by atoms with Crippen LogP contribution in [0.1, 0.15) is 16.1 Å². The lowest BCUT2D eigenvalue weighted by atomic mass is 10.1. The van der Waals surface area contributed by atoms with Crippen LogP contribution in [0.5, 0.6) is 5.75 Å². The van der Waals surface area contributed by atoms with Gasteiger partial charge in [-0.05, 0) is 37.8 Å². The molecule has 1 aromatic carbocycles. The molecular weight excluding hydrogens is 350 g/mol. The van der Waals surface area contributed by atoms with Crippen LogP contribution in [0, 0.1) is 31.6 Å². The minimum Gasteiger partial charge on any atom is -0.496 e. The van der Waals surface area contributed by atoms with Crippen molar-refractivity contribution in [2.45, 2.75) is 0 Å². The van der Waals surface area contributed by atoms with Crippen molar-refractivity contribution in [3.05, 3.63) is 79.8 Å². The van der Waals surface area contributed by atoms with Crippen molar-refractivity contribution in [1.82, 2.24) is 19.7 Å². The average molecular weight is 364 g/mol. The molecule has 1 aliphatic rings. The van der Waals surface area contributed by atoms with Crippen molar-refractivity contribution in [3.8, 4) is 10.8 Å². The van der Waals surface area contributed by atoms with E-state index in [9.17, 15) is 4.79 Å². The molecule has 1 aliphatic carbocycles. The summed E-state index contributed by atoms with van der Waals surface area (Å²) in [6, 6.07) is 7.05. The molecule has 0 atom stereocenters. The first-order valence-corrected chi connectivity index (χ1v) is 8.60. The first-order valence-electron chi connectivity index (χ1n) is 7.78. The Bertz CT molecular complexity index is 900. The van der Waals surface area contributed by atoms with Gasteiger partial charge in [0.1, 0.15) is 23.4 Å². The molecule has 0 unspecified atom stereocenters. The fourth-order valence-electron chi connectivity index (χ4n) is 2.55. The normalized spacial score (nSPS) is 14.5. The first kappa shape index (κ1) is 16.7. The Kier molecular flexibility index (Phi) is 4.66. The summed E-state index contributed by atoms with van der Waals surface area (Å²) in [6.07, 6.45) is 10.9. The van der Waals surface area contributed by atoms with E-state index < -0.39 is 0 Å². The minimum atomic E-state index is -0.282. The fraction of sp³-hybridized carbons (Fsp3) is 0.0556. The maximum atomic E-state index is 12.6. The molecule has 4 rings (SSSR count). The Labute approximate surface area is 155 Å². The lowest BCUT2D eigenvalue weighted by molar-refractivity contribution is 0.102. The zero-order valence-electron chi connectivity index (χ0n) is 13.8. The van der Waals surface area contributed by atoms with Gasteiger partial charge in [0.2, 0.25) is 0 Å². The summed E-state index contributed by atoms with van der Waals surface area (Å²) >= 11 is 1.33. The van der Waals surface area contributed by atoms with Gasteiger partial charge in [0.05, 0.1) is 18.4 Å². The van der Waals surface area contributed by atoms with Crippen LogP contribution in [0.25, 0.3) is 5.00 Å². The Morgan fingerprint density at radius 1 is 1.23 bits per heavy atom. The summed E-state index contributed by atoms with van der Waals surface area (Å²) in [7, 11) is 1.53. The molecule has 1 amide bonds. The summed E-state index contributed by atoms with van der Waals surface area (Å²) in [4.78, 5) is 21.2. The van der Waals surface area contributed by atoms with E-state index in [-0.39, 0.29) is 5.91 Å². The number of aromatic nitrogens is 4. The Morgan fingerprint density at radius 3 is 2.77 bits per heavy atom. The topological polar surface area (TPSA) is 81.9 Å². The van der Waals surface area contributed by atoms with Crippen LogP contribution < -0.4 is 10.1 Å². The minimum absolute atomic E-state index is 0.282. The summed E-state index contributed by atoms with van der Waals surface area (Å²) in [6.45, 7) is 0. The van der Waals surface area contributed by atoms with E-state index in [1.165, 1.54) is 24.8 Å². The van der Waals surface area contributed by atoms with Gasteiger partial charge in [0.15, 0.2) is 5.13 Å². The van der Waals surface area contributed by atoms with Gasteiger partial charge in [-0.15, -0.1) is 0 Å². The molecule has 0 spiro atoms. The number of ether oxygens (including phenoxy) is 1. The van der Waals surface area contributed by atoms with Gasteiger partial charge in [-0.3, -0.25) is 10.1 Å². The van der Waals surface area contributed by atoms with E-state index in [1.807, 2.05) is 31.7 Å². The van der Waals surface area contributed by atoms with Crippen LogP contribution in [0.2, 0.25) is 0 Å². The van der Waals surface area contributed by atoms with E-state index in [2.05, 4.69) is 20.4 Å². The van der Waals surface area contributed by atoms with Gasteiger partial charge < -0.3 is 4.74 Å². The number of hydrogen-bond donors (Lipinski definition) is 1. The smallest absolute Gasteiger partial charge is 0.261 e. The second-order valence-electron chi connectivity index (χ2n) is 5.34. The third kappa shape index (κ3) is 3.20. The van der Waals surface area contributed by atoms with Gasteiger partial charge in [-0.25, -0.2) is 14.6 Å². The van der Waals surface area contributed by atoms with Gasteiger partial charge in [-0.1, -0.05) is 23.5 Å². The predicted molar refractivity (Wildman–Crippen MR) is 97.5 cm³/mol. The van der Waals surface area contributed by atoms with Crippen LogP contribution in [0.4, 0.5) is 5.13 Å². The Balaban J connectivity index is 1.64. The van der Waals surface area contributed by atoms with Crippen LogP contribution in [-0.4, -0.2) is 32.8 Å². The first-order chi connectivity index (χ1) is 12.8. The maximum absolute atomic E-state index is 12.6. The standard InChI is InChI=1S/C18H14N5O2S/c1-25-14-9-5-4-8-13(14)16(24)22-18-21-15(12-6-2-3-7-12)17(26-18)23-11-19-10-20-23/h2-11H,1H3,(H,21,22,24). The number of rotatable bonds is 5. The van der Waals surface area contributed by atoms with E-state index in [1.54, 1.807) is 29.2 Å². The summed E-state index contributed by atoms with van der Waals surface area (Å²) < 4.78 is 6.89. The number of carbonyl (C=O) groups is 1. The molecular formula is C18H14N5O2S. The molecule has 0 bridgehead atoms. The number of amides is 1. The molecule has 1 N–H and O–H groups in total. The highest BCUT2D eigenvalue weighted by atomic mass is 32.1. The number of para-hydroxylation sites is 1. The summed E-state index contributed by atoms with van der Waals surface area (Å²) in [5.41, 5.74) is 1.18. The van der Waals surface area contributed by atoms with Crippen LogP contribution >= 0.6 is 11.3 Å². The third-order valence-corrected chi connectivity index (χ3v) is 4.70. The molecule has 2 heterocycles. The molecule has 129 valence electrons. The molecule has 7 nitrogen and oxygen atoms in total. The van der Waals surface area contributed by atoms with Gasteiger partial charge >= 0.3 is 0 Å². The predicted octanol–water partition coefficient (Wildman–Crippen LogP) is 2.74. The van der Waals surface area contributed by atoms with Crippen molar-refractivity contribution in [2.24, 2.45) is 0 Å². The summed E-state index contributed by atoms with van der Waals surface area (Å²) in [5.74, 6) is 1.18. The number of benzene rings is 1. The van der Waals surface area contributed by atoms with E-state index in [0.29, 0.717) is 16.4 Å². The van der Waals surface area contributed by atoms with E-state index >= 15 is 0 Å². The number of thiazole rings is 1. The number of nitrogens with one attached hydrogen (secondary N) is 1. The fourth-order valence-corrected chi connectivity index (χ4v) is 3.46. The van der Waals surface area contributed by atoms with Crippen molar-refractivity contribution in [3.63, 3.8) is 0 Å². The van der Waals surface area contributed by atoms with Crippen molar-refractivity contribution >= 4 is 22.4 Å². The average Bonchev–Trinajstić information content (AvgIpc) is 3.41. The highest BCUT2D eigenvalue weighted by Crippen LogP contribution is 2.37. The highest BCUT2D eigenvalue weighted by Gasteiger charge is 2.27. The Morgan fingerprint density at radius 2 is 2.04 bits per heavy atom. The van der Waals surface area contributed by atoms with Gasteiger partial charge in [-0.2, -0.15) is 5.10 Å². The number of nitrogens with zero attached hydrogens (tertiary/aromatic N) is 4. The van der Waals surface area contributed by atoms with Crippen LogP contribution in [0.3, 0.4) is 0 Å². The van der Waals surface area contributed by atoms with Crippen LogP contribution in [0.15, 0.2) is 36.9 Å². The van der Waals surface area contributed by atoms with Crippen molar-refractivity contribution in [1.29, 1.82) is 0 Å². The number of anilines is 1.